The van der Waals surface area contributed by atoms with Crippen LogP contribution >= 0.6 is 12.4 Å². The van der Waals surface area contributed by atoms with Crippen molar-refractivity contribution >= 4 is 12.4 Å². The molecular weight excluding hydrogens is 299 g/mol. The van der Waals surface area contributed by atoms with Gasteiger partial charge >= 0.3 is 6.18 Å². The standard InChI is InChI=1S/C16H14F3N.ClH/c1-2-15(20)13-5-3-11(4-6-13)12-7-9-14(10-8-12)16(17,18)19;/h2-10,15H,1,20H2;1H/t15-;/m0./s1. The Labute approximate surface area is 127 Å². The molecule has 0 aliphatic heterocycles. The van der Waals surface area contributed by atoms with E-state index >= 15 is 0 Å². The van der Waals surface area contributed by atoms with Gasteiger partial charge in [-0.1, -0.05) is 42.5 Å². The maximum atomic E-state index is 12.5. The smallest absolute Gasteiger partial charge is 0.321 e. The molecule has 0 saturated carbocycles. The van der Waals surface area contributed by atoms with Crippen LogP contribution in [0.3, 0.4) is 0 Å². The van der Waals surface area contributed by atoms with Crippen LogP contribution in [0.5, 0.6) is 0 Å². The number of nitrogens with two attached hydrogens (primary N) is 1. The predicted molar refractivity (Wildman–Crippen MR) is 81.3 cm³/mol. The van der Waals surface area contributed by atoms with Gasteiger partial charge < -0.3 is 5.73 Å². The second kappa shape index (κ2) is 6.78. The van der Waals surface area contributed by atoms with Crippen LogP contribution in [-0.2, 0) is 6.18 Å². The number of hydrogen-bond acceptors (Lipinski definition) is 1. The van der Waals surface area contributed by atoms with E-state index in [-0.39, 0.29) is 18.4 Å². The minimum absolute atomic E-state index is 0. The summed E-state index contributed by atoms with van der Waals surface area (Å²) in [6.07, 6.45) is -2.67. The highest BCUT2D eigenvalue weighted by Gasteiger charge is 2.29. The first kappa shape index (κ1) is 17.3. The van der Waals surface area contributed by atoms with Crippen molar-refractivity contribution in [1.82, 2.24) is 0 Å². The van der Waals surface area contributed by atoms with Crippen LogP contribution in [0.1, 0.15) is 17.2 Å². The number of rotatable bonds is 3. The SMILES string of the molecule is C=C[C@H](N)c1ccc(-c2ccc(C(F)(F)F)cc2)cc1.Cl. The normalized spacial score (nSPS) is 12.4. The van der Waals surface area contributed by atoms with Gasteiger partial charge in [-0.05, 0) is 28.8 Å². The predicted octanol–water partition coefficient (Wildman–Crippen LogP) is 4.98. The van der Waals surface area contributed by atoms with Gasteiger partial charge in [-0.3, -0.25) is 0 Å². The molecule has 0 heterocycles. The Morgan fingerprint density at radius 2 is 1.33 bits per heavy atom. The summed E-state index contributed by atoms with van der Waals surface area (Å²) < 4.78 is 37.4. The number of alkyl halides is 3. The van der Waals surface area contributed by atoms with E-state index in [0.717, 1.165) is 28.8 Å². The highest BCUT2D eigenvalue weighted by Crippen LogP contribution is 2.31. The van der Waals surface area contributed by atoms with Gasteiger partial charge in [-0.15, -0.1) is 19.0 Å². The summed E-state index contributed by atoms with van der Waals surface area (Å²) in [6, 6.07) is 12.2. The van der Waals surface area contributed by atoms with E-state index in [1.807, 2.05) is 24.3 Å². The van der Waals surface area contributed by atoms with Gasteiger partial charge in [0.15, 0.2) is 0 Å². The van der Waals surface area contributed by atoms with Crippen molar-refractivity contribution in [3.8, 4) is 11.1 Å². The van der Waals surface area contributed by atoms with Gasteiger partial charge in [0.1, 0.15) is 0 Å². The Morgan fingerprint density at radius 3 is 1.71 bits per heavy atom. The third-order valence-corrected chi connectivity index (χ3v) is 3.10. The Bertz CT molecular complexity index is 588. The van der Waals surface area contributed by atoms with E-state index in [2.05, 4.69) is 6.58 Å². The van der Waals surface area contributed by atoms with Gasteiger partial charge in [0, 0.05) is 6.04 Å². The molecule has 0 saturated heterocycles. The molecule has 0 radical (unpaired) electrons. The Hall–Kier alpha value is -1.78. The van der Waals surface area contributed by atoms with Crippen molar-refractivity contribution in [1.29, 1.82) is 0 Å². The Balaban J connectivity index is 0.00000220. The van der Waals surface area contributed by atoms with Gasteiger partial charge in [-0.2, -0.15) is 13.2 Å². The van der Waals surface area contributed by atoms with Crippen LogP contribution in [-0.4, -0.2) is 0 Å². The lowest BCUT2D eigenvalue weighted by Gasteiger charge is -2.10. The summed E-state index contributed by atoms with van der Waals surface area (Å²) in [5.41, 5.74) is 7.65. The zero-order chi connectivity index (χ0) is 14.8. The summed E-state index contributed by atoms with van der Waals surface area (Å²) in [5.74, 6) is 0. The molecule has 0 aliphatic carbocycles. The number of benzene rings is 2. The molecule has 21 heavy (non-hydrogen) atoms. The first-order chi connectivity index (χ1) is 9.41. The largest absolute Gasteiger partial charge is 0.416 e. The maximum absolute atomic E-state index is 12.5. The molecule has 0 aliphatic rings. The molecule has 2 rings (SSSR count). The zero-order valence-electron chi connectivity index (χ0n) is 11.1. The van der Waals surface area contributed by atoms with E-state index in [1.165, 1.54) is 12.1 Å². The van der Waals surface area contributed by atoms with Gasteiger partial charge in [-0.25, -0.2) is 0 Å². The molecular formula is C16H15ClF3N. The van der Waals surface area contributed by atoms with Crippen molar-refractivity contribution in [3.63, 3.8) is 0 Å². The van der Waals surface area contributed by atoms with Crippen LogP contribution in [0, 0.1) is 0 Å². The van der Waals surface area contributed by atoms with Crippen LogP contribution in [0.2, 0.25) is 0 Å². The summed E-state index contributed by atoms with van der Waals surface area (Å²) >= 11 is 0. The van der Waals surface area contributed by atoms with E-state index in [9.17, 15) is 13.2 Å². The van der Waals surface area contributed by atoms with Crippen molar-refractivity contribution < 1.29 is 13.2 Å². The first-order valence-corrected chi connectivity index (χ1v) is 6.07. The second-order valence-corrected chi connectivity index (χ2v) is 4.46. The Kier molecular flexibility index (Phi) is 5.58. The molecule has 0 amide bonds. The maximum Gasteiger partial charge on any atom is 0.416 e. The molecule has 2 N–H and O–H groups in total. The average molecular weight is 314 g/mol. The van der Waals surface area contributed by atoms with Gasteiger partial charge in [0.05, 0.1) is 5.56 Å². The van der Waals surface area contributed by atoms with Crippen molar-refractivity contribution in [2.24, 2.45) is 5.73 Å². The fourth-order valence-corrected chi connectivity index (χ4v) is 1.89. The monoisotopic (exact) mass is 313 g/mol. The van der Waals surface area contributed by atoms with Crippen molar-refractivity contribution in [2.75, 3.05) is 0 Å². The highest BCUT2D eigenvalue weighted by molar-refractivity contribution is 5.85. The molecule has 1 atom stereocenters. The lowest BCUT2D eigenvalue weighted by atomic mass is 10.00. The topological polar surface area (TPSA) is 26.0 Å². The number of halogens is 4. The van der Waals surface area contributed by atoms with Gasteiger partial charge in [0.25, 0.3) is 0 Å². The third kappa shape index (κ3) is 4.09. The minimum atomic E-state index is -4.31. The quantitative estimate of drug-likeness (QED) is 0.795. The summed E-state index contributed by atoms with van der Waals surface area (Å²) in [7, 11) is 0. The number of hydrogen-bond donors (Lipinski definition) is 1. The molecule has 0 bridgehead atoms. The van der Waals surface area contributed by atoms with Crippen molar-refractivity contribution in [2.45, 2.75) is 12.2 Å². The molecule has 0 unspecified atom stereocenters. The molecule has 0 fully saturated rings. The Morgan fingerprint density at radius 1 is 0.905 bits per heavy atom. The van der Waals surface area contributed by atoms with E-state index in [0.29, 0.717) is 0 Å². The van der Waals surface area contributed by atoms with Gasteiger partial charge in [0.2, 0.25) is 0 Å². The van der Waals surface area contributed by atoms with Crippen LogP contribution < -0.4 is 5.73 Å². The molecule has 0 spiro atoms. The lowest BCUT2D eigenvalue weighted by Crippen LogP contribution is -2.06. The molecule has 1 nitrogen and oxygen atoms in total. The molecule has 112 valence electrons. The summed E-state index contributed by atoms with van der Waals surface area (Å²) in [4.78, 5) is 0. The molecule has 2 aromatic rings. The highest BCUT2D eigenvalue weighted by atomic mass is 35.5. The first-order valence-electron chi connectivity index (χ1n) is 6.07. The molecule has 5 heteroatoms. The lowest BCUT2D eigenvalue weighted by molar-refractivity contribution is -0.137. The fourth-order valence-electron chi connectivity index (χ4n) is 1.89. The zero-order valence-corrected chi connectivity index (χ0v) is 11.9. The average Bonchev–Trinajstić information content (AvgIpc) is 2.46. The third-order valence-electron chi connectivity index (χ3n) is 3.10. The van der Waals surface area contributed by atoms with Crippen LogP contribution in [0.25, 0.3) is 11.1 Å². The van der Waals surface area contributed by atoms with E-state index in [4.69, 9.17) is 5.73 Å². The summed E-state index contributed by atoms with van der Waals surface area (Å²) in [6.45, 7) is 3.62. The van der Waals surface area contributed by atoms with Crippen molar-refractivity contribution in [3.05, 3.63) is 72.3 Å². The molecule has 0 aromatic heterocycles. The minimum Gasteiger partial charge on any atom is -0.321 e. The van der Waals surface area contributed by atoms with Crippen LogP contribution in [0.15, 0.2) is 61.2 Å². The second-order valence-electron chi connectivity index (χ2n) is 4.46. The van der Waals surface area contributed by atoms with E-state index in [1.54, 1.807) is 6.08 Å². The van der Waals surface area contributed by atoms with Crippen LogP contribution in [0.4, 0.5) is 13.2 Å². The van der Waals surface area contributed by atoms with E-state index < -0.39 is 11.7 Å². The molecule has 2 aromatic carbocycles. The summed E-state index contributed by atoms with van der Waals surface area (Å²) in [5, 5.41) is 0. The fraction of sp³-hybridized carbons (Fsp3) is 0.125.